The summed E-state index contributed by atoms with van der Waals surface area (Å²) in [5, 5.41) is 8.84. The number of nitrogens with zero attached hydrogens (tertiary/aromatic N) is 1. The molecule has 4 amide bonds. The molecule has 0 aromatic rings. The minimum absolute atomic E-state index is 0. The second-order valence-corrected chi connectivity index (χ2v) is 5.70. The van der Waals surface area contributed by atoms with Crippen LogP contribution in [0.15, 0.2) is 0 Å². The summed E-state index contributed by atoms with van der Waals surface area (Å²) >= 11 is 0. The molecule has 0 aromatic heterocycles. The third-order valence-corrected chi connectivity index (χ3v) is 4.46. The van der Waals surface area contributed by atoms with Crippen molar-refractivity contribution in [2.24, 2.45) is 0 Å². The Morgan fingerprint density at radius 2 is 1.86 bits per heavy atom. The van der Waals surface area contributed by atoms with Crippen molar-refractivity contribution in [3.05, 3.63) is 0 Å². The molecule has 2 saturated heterocycles. The van der Waals surface area contributed by atoms with Crippen LogP contribution < -0.4 is 16.0 Å². The summed E-state index contributed by atoms with van der Waals surface area (Å²) in [6, 6.07) is -0.342. The molecule has 126 valence electrons. The molecule has 0 unspecified atom stereocenters. The smallest absolute Gasteiger partial charge is 0.325 e. The van der Waals surface area contributed by atoms with Crippen molar-refractivity contribution in [3.8, 4) is 0 Å². The van der Waals surface area contributed by atoms with Gasteiger partial charge < -0.3 is 16.0 Å². The van der Waals surface area contributed by atoms with Crippen LogP contribution in [0.5, 0.6) is 0 Å². The van der Waals surface area contributed by atoms with Crippen molar-refractivity contribution in [1.29, 1.82) is 0 Å². The highest BCUT2D eigenvalue weighted by atomic mass is 35.5. The number of halogens is 1. The van der Waals surface area contributed by atoms with E-state index >= 15 is 0 Å². The Hall–Kier alpha value is -1.34. The Labute approximate surface area is 137 Å². The number of carbonyl (C=O) groups excluding carboxylic acids is 3. The molecule has 7 nitrogen and oxygen atoms in total. The molecule has 8 heteroatoms. The van der Waals surface area contributed by atoms with E-state index in [2.05, 4.69) is 16.0 Å². The number of nitrogens with one attached hydrogen (secondary N) is 3. The van der Waals surface area contributed by atoms with Gasteiger partial charge in [-0.05, 0) is 38.8 Å². The lowest BCUT2D eigenvalue weighted by atomic mass is 9.93. The van der Waals surface area contributed by atoms with Gasteiger partial charge in [-0.25, -0.2) is 4.79 Å². The van der Waals surface area contributed by atoms with Crippen LogP contribution in [0, 0.1) is 0 Å². The lowest BCUT2D eigenvalue weighted by Gasteiger charge is -2.25. The zero-order chi connectivity index (χ0) is 15.5. The monoisotopic (exact) mass is 332 g/mol. The highest BCUT2D eigenvalue weighted by molar-refractivity contribution is 6.08. The molecule has 0 saturated carbocycles. The van der Waals surface area contributed by atoms with Gasteiger partial charge in [-0.3, -0.25) is 14.5 Å². The highest BCUT2D eigenvalue weighted by Crippen LogP contribution is 2.24. The molecular weight excluding hydrogens is 308 g/mol. The van der Waals surface area contributed by atoms with Crippen molar-refractivity contribution in [2.45, 2.75) is 51.1 Å². The van der Waals surface area contributed by atoms with Crippen molar-refractivity contribution in [2.75, 3.05) is 19.6 Å². The van der Waals surface area contributed by atoms with E-state index in [0.29, 0.717) is 12.8 Å². The van der Waals surface area contributed by atoms with Crippen LogP contribution in [-0.4, -0.2) is 54.0 Å². The molecular formula is C14H25ClN4O3. The average Bonchev–Trinajstić information content (AvgIpc) is 2.73. The second kappa shape index (κ2) is 7.78. The van der Waals surface area contributed by atoms with E-state index in [-0.39, 0.29) is 36.8 Å². The van der Waals surface area contributed by atoms with E-state index in [1.165, 1.54) is 0 Å². The third kappa shape index (κ3) is 3.70. The molecule has 0 spiro atoms. The zero-order valence-corrected chi connectivity index (χ0v) is 13.9. The lowest BCUT2D eigenvalue weighted by Crippen LogP contribution is -2.49. The number of carbonyl (C=O) groups is 3. The summed E-state index contributed by atoms with van der Waals surface area (Å²) in [6.45, 7) is 5.28. The van der Waals surface area contributed by atoms with Gasteiger partial charge in [-0.15, -0.1) is 12.4 Å². The van der Waals surface area contributed by atoms with Crippen molar-refractivity contribution in [1.82, 2.24) is 20.9 Å². The van der Waals surface area contributed by atoms with Gasteiger partial charge >= 0.3 is 6.03 Å². The number of hydrogen-bond donors (Lipinski definition) is 3. The Bertz CT molecular complexity index is 434. The first kappa shape index (κ1) is 18.7. The number of rotatable bonds is 5. The molecule has 2 heterocycles. The SMILES string of the molecule is CCC1(CC)NC(=O)N(CC(=O)NC2CCNCC2)C1=O.Cl. The van der Waals surface area contributed by atoms with E-state index in [0.717, 1.165) is 30.8 Å². The van der Waals surface area contributed by atoms with Gasteiger partial charge in [0, 0.05) is 6.04 Å². The first-order valence-electron chi connectivity index (χ1n) is 7.66. The van der Waals surface area contributed by atoms with E-state index in [4.69, 9.17) is 0 Å². The first-order valence-corrected chi connectivity index (χ1v) is 7.66. The summed E-state index contributed by atoms with van der Waals surface area (Å²) < 4.78 is 0. The van der Waals surface area contributed by atoms with Crippen LogP contribution in [0.3, 0.4) is 0 Å². The lowest BCUT2D eigenvalue weighted by molar-refractivity contribution is -0.135. The summed E-state index contributed by atoms with van der Waals surface area (Å²) in [4.78, 5) is 37.4. The highest BCUT2D eigenvalue weighted by Gasteiger charge is 2.49. The van der Waals surface area contributed by atoms with Crippen molar-refractivity contribution in [3.63, 3.8) is 0 Å². The third-order valence-electron chi connectivity index (χ3n) is 4.46. The van der Waals surface area contributed by atoms with Gasteiger partial charge in [0.05, 0.1) is 0 Å². The summed E-state index contributed by atoms with van der Waals surface area (Å²) in [7, 11) is 0. The van der Waals surface area contributed by atoms with E-state index in [9.17, 15) is 14.4 Å². The van der Waals surface area contributed by atoms with Gasteiger partial charge in [0.2, 0.25) is 5.91 Å². The number of imide groups is 1. The molecule has 0 bridgehead atoms. The standard InChI is InChI=1S/C14H24N4O3.ClH/c1-3-14(4-2)12(20)18(13(21)17-14)9-11(19)16-10-5-7-15-8-6-10;/h10,15H,3-9H2,1-2H3,(H,16,19)(H,17,21);1H. The fourth-order valence-corrected chi connectivity index (χ4v) is 2.93. The van der Waals surface area contributed by atoms with Crippen LogP contribution in [0.1, 0.15) is 39.5 Å². The van der Waals surface area contributed by atoms with Gasteiger partial charge in [-0.2, -0.15) is 0 Å². The van der Waals surface area contributed by atoms with Crippen LogP contribution >= 0.6 is 12.4 Å². The fourth-order valence-electron chi connectivity index (χ4n) is 2.93. The maximum atomic E-state index is 12.4. The Balaban J connectivity index is 0.00000242. The minimum atomic E-state index is -0.841. The molecule has 2 rings (SSSR count). The molecule has 0 atom stereocenters. The predicted molar refractivity (Wildman–Crippen MR) is 84.8 cm³/mol. The van der Waals surface area contributed by atoms with E-state index in [1.807, 2.05) is 13.8 Å². The molecule has 22 heavy (non-hydrogen) atoms. The molecule has 2 aliphatic heterocycles. The maximum Gasteiger partial charge on any atom is 0.325 e. The Kier molecular flexibility index (Phi) is 6.62. The molecule has 0 aromatic carbocycles. The molecule has 3 N–H and O–H groups in total. The van der Waals surface area contributed by atoms with Crippen LogP contribution in [0.2, 0.25) is 0 Å². The minimum Gasteiger partial charge on any atom is -0.352 e. The van der Waals surface area contributed by atoms with Crippen molar-refractivity contribution < 1.29 is 14.4 Å². The van der Waals surface area contributed by atoms with Crippen molar-refractivity contribution >= 4 is 30.3 Å². The van der Waals surface area contributed by atoms with Crippen LogP contribution in [0.25, 0.3) is 0 Å². The number of piperidine rings is 1. The fraction of sp³-hybridized carbons (Fsp3) is 0.786. The first-order chi connectivity index (χ1) is 10.0. The summed E-state index contributed by atoms with van der Waals surface area (Å²) in [5.41, 5.74) is -0.841. The molecule has 2 aliphatic rings. The largest absolute Gasteiger partial charge is 0.352 e. The van der Waals surface area contributed by atoms with E-state index in [1.54, 1.807) is 0 Å². The number of amides is 4. The topological polar surface area (TPSA) is 90.5 Å². The summed E-state index contributed by atoms with van der Waals surface area (Å²) in [5.74, 6) is -0.564. The predicted octanol–water partition coefficient (Wildman–Crippen LogP) is 0.387. The van der Waals surface area contributed by atoms with Gasteiger partial charge in [0.1, 0.15) is 12.1 Å². The Morgan fingerprint density at radius 1 is 1.27 bits per heavy atom. The Morgan fingerprint density at radius 3 is 2.36 bits per heavy atom. The average molecular weight is 333 g/mol. The summed E-state index contributed by atoms with van der Waals surface area (Å²) in [6.07, 6.45) is 2.81. The molecule has 0 radical (unpaired) electrons. The van der Waals surface area contributed by atoms with E-state index < -0.39 is 11.6 Å². The van der Waals surface area contributed by atoms with Crippen LogP contribution in [-0.2, 0) is 9.59 Å². The number of urea groups is 1. The van der Waals surface area contributed by atoms with Gasteiger partial charge in [0.15, 0.2) is 0 Å². The normalized spacial score (nSPS) is 21.3. The van der Waals surface area contributed by atoms with Crippen LogP contribution in [0.4, 0.5) is 4.79 Å². The van der Waals surface area contributed by atoms with Gasteiger partial charge in [0.25, 0.3) is 5.91 Å². The maximum absolute atomic E-state index is 12.4. The number of hydrogen-bond acceptors (Lipinski definition) is 4. The second-order valence-electron chi connectivity index (χ2n) is 5.70. The molecule has 0 aliphatic carbocycles. The quantitative estimate of drug-likeness (QED) is 0.635. The zero-order valence-electron chi connectivity index (χ0n) is 13.1. The molecule has 2 fully saturated rings. The van der Waals surface area contributed by atoms with Gasteiger partial charge in [-0.1, -0.05) is 13.8 Å².